The number of hydrogen-bond acceptors (Lipinski definition) is 6. The molecule has 3 aromatic carbocycles. The second-order valence-corrected chi connectivity index (χ2v) is 9.69. The van der Waals surface area contributed by atoms with Crippen LogP contribution in [-0.2, 0) is 22.5 Å². The van der Waals surface area contributed by atoms with Gasteiger partial charge in [-0.25, -0.2) is 4.79 Å². The molecule has 42 heavy (non-hydrogen) atoms. The molecule has 0 radical (unpaired) electrons. The number of aromatic nitrogens is 1. The fourth-order valence-electron chi connectivity index (χ4n) is 4.71. The first-order chi connectivity index (χ1) is 20.4. The summed E-state index contributed by atoms with van der Waals surface area (Å²) in [6.07, 6.45) is 2.62. The number of nitrogens with one attached hydrogen (secondary N) is 2. The van der Waals surface area contributed by atoms with Gasteiger partial charge in [0, 0.05) is 55.6 Å². The Kier molecular flexibility index (Phi) is 10.7. The van der Waals surface area contributed by atoms with Gasteiger partial charge >= 0.3 is 6.03 Å². The lowest BCUT2D eigenvalue weighted by Gasteiger charge is -2.28. The Labute approximate surface area is 246 Å². The third-order valence-electron chi connectivity index (χ3n) is 7.00. The molecule has 0 saturated carbocycles. The molecule has 222 valence electrons. The molecule has 4 aromatic rings. The number of aromatic amines is 1. The maximum absolute atomic E-state index is 13.9. The molecule has 0 aliphatic heterocycles. The Balaban J connectivity index is 1.55. The van der Waals surface area contributed by atoms with Crippen LogP contribution in [0.4, 0.5) is 10.5 Å². The Hall–Kier alpha value is -4.70. The van der Waals surface area contributed by atoms with Crippen molar-refractivity contribution in [1.29, 1.82) is 0 Å². The highest BCUT2D eigenvalue weighted by Crippen LogP contribution is 2.28. The lowest BCUT2D eigenvalue weighted by molar-refractivity contribution is -0.132. The smallest absolute Gasteiger partial charge is 0.322 e. The average Bonchev–Trinajstić information content (AvgIpc) is 3.44. The number of rotatable bonds is 14. The van der Waals surface area contributed by atoms with E-state index in [-0.39, 0.29) is 25.6 Å². The minimum atomic E-state index is -0.406. The topological polar surface area (TPSA) is 105 Å². The molecule has 0 fully saturated rings. The average molecular weight is 575 g/mol. The zero-order valence-electron chi connectivity index (χ0n) is 24.5. The number of anilines is 1. The molecule has 2 N–H and O–H groups in total. The van der Waals surface area contributed by atoms with E-state index in [1.165, 1.54) is 4.90 Å². The van der Waals surface area contributed by atoms with E-state index in [0.29, 0.717) is 42.4 Å². The van der Waals surface area contributed by atoms with Gasteiger partial charge in [0.05, 0.1) is 27.9 Å². The number of nitrogens with zero attached hydrogens (tertiary/aromatic N) is 2. The number of fused-ring (bicyclic) bond motifs is 1. The standard InChI is InChI=1S/C32H38N4O6/c1-39-17-16-36(32(38)34-25-8-7-9-26(19-25)40-2)22-31(37)35(21-23-12-13-29(41-3)30(18-23)42-4)15-14-24-20-33-28-11-6-5-10-27(24)28/h5-13,18-20,33H,14-17,21-22H2,1-4H3,(H,34,38). The van der Waals surface area contributed by atoms with Gasteiger partial charge in [0.2, 0.25) is 5.91 Å². The fraction of sp³-hybridized carbons (Fsp3) is 0.312. The van der Waals surface area contributed by atoms with E-state index in [1.54, 1.807) is 57.6 Å². The van der Waals surface area contributed by atoms with E-state index in [0.717, 1.165) is 22.0 Å². The van der Waals surface area contributed by atoms with Crippen LogP contribution in [0.15, 0.2) is 72.9 Å². The van der Waals surface area contributed by atoms with Crippen LogP contribution < -0.4 is 19.5 Å². The first kappa shape index (κ1) is 30.3. The van der Waals surface area contributed by atoms with E-state index in [1.807, 2.05) is 42.6 Å². The molecule has 10 heteroatoms. The van der Waals surface area contributed by atoms with Gasteiger partial charge in [-0.15, -0.1) is 0 Å². The second kappa shape index (κ2) is 14.8. The highest BCUT2D eigenvalue weighted by Gasteiger charge is 2.23. The Morgan fingerprint density at radius 3 is 2.40 bits per heavy atom. The van der Waals surface area contributed by atoms with Crippen LogP contribution in [0.3, 0.4) is 0 Å². The van der Waals surface area contributed by atoms with Gasteiger partial charge in [0.15, 0.2) is 11.5 Å². The van der Waals surface area contributed by atoms with Gasteiger partial charge in [-0.05, 0) is 47.9 Å². The predicted octanol–water partition coefficient (Wildman–Crippen LogP) is 4.95. The van der Waals surface area contributed by atoms with Crippen LogP contribution in [0.2, 0.25) is 0 Å². The summed E-state index contributed by atoms with van der Waals surface area (Å²) in [6.45, 7) is 1.18. The molecule has 3 amide bonds. The molecule has 0 saturated heterocycles. The molecule has 0 spiro atoms. The summed E-state index contributed by atoms with van der Waals surface area (Å²) in [5, 5.41) is 3.99. The molecule has 0 bridgehead atoms. The van der Waals surface area contributed by atoms with Gasteiger partial charge in [-0.1, -0.05) is 30.3 Å². The zero-order valence-corrected chi connectivity index (χ0v) is 24.5. The largest absolute Gasteiger partial charge is 0.497 e. The molecule has 0 aliphatic carbocycles. The Bertz CT molecular complexity index is 1490. The van der Waals surface area contributed by atoms with Gasteiger partial charge in [0.1, 0.15) is 12.3 Å². The number of carbonyl (C=O) groups excluding carboxylic acids is 2. The van der Waals surface area contributed by atoms with Crippen molar-refractivity contribution in [3.05, 3.63) is 84.1 Å². The normalized spacial score (nSPS) is 10.8. The number of para-hydroxylation sites is 1. The molecular formula is C32H38N4O6. The summed E-state index contributed by atoms with van der Waals surface area (Å²) >= 11 is 0. The molecular weight excluding hydrogens is 536 g/mol. The lowest BCUT2D eigenvalue weighted by Crippen LogP contribution is -2.46. The van der Waals surface area contributed by atoms with Crippen molar-refractivity contribution in [2.75, 3.05) is 60.0 Å². The van der Waals surface area contributed by atoms with Gasteiger partial charge in [0.25, 0.3) is 0 Å². The summed E-state index contributed by atoms with van der Waals surface area (Å²) in [7, 11) is 6.29. The fourth-order valence-corrected chi connectivity index (χ4v) is 4.71. The first-order valence-electron chi connectivity index (χ1n) is 13.7. The van der Waals surface area contributed by atoms with Crippen LogP contribution in [0.5, 0.6) is 17.2 Å². The van der Waals surface area contributed by atoms with E-state index in [4.69, 9.17) is 18.9 Å². The van der Waals surface area contributed by atoms with Crippen LogP contribution in [0.25, 0.3) is 10.9 Å². The zero-order chi connectivity index (χ0) is 29.9. The summed E-state index contributed by atoms with van der Waals surface area (Å²) in [6, 6.07) is 20.3. The van der Waals surface area contributed by atoms with E-state index in [2.05, 4.69) is 16.4 Å². The summed E-state index contributed by atoms with van der Waals surface area (Å²) in [4.78, 5) is 33.7. The molecule has 1 aromatic heterocycles. The SMILES string of the molecule is COCCN(CC(=O)N(CCc1c[nH]c2ccccc12)Cc1ccc(OC)c(OC)c1)C(=O)Nc1cccc(OC)c1. The molecule has 0 aliphatic rings. The first-order valence-corrected chi connectivity index (χ1v) is 13.7. The number of methoxy groups -OCH3 is 4. The van der Waals surface area contributed by atoms with Gasteiger partial charge < -0.3 is 39.0 Å². The van der Waals surface area contributed by atoms with E-state index >= 15 is 0 Å². The number of H-pyrrole nitrogens is 1. The molecule has 4 rings (SSSR count). The van der Waals surface area contributed by atoms with Gasteiger partial charge in [-0.2, -0.15) is 0 Å². The lowest BCUT2D eigenvalue weighted by atomic mass is 10.1. The third kappa shape index (κ3) is 7.73. The van der Waals surface area contributed by atoms with Crippen LogP contribution >= 0.6 is 0 Å². The molecule has 0 atom stereocenters. The summed E-state index contributed by atoms with van der Waals surface area (Å²) < 4.78 is 21.4. The van der Waals surface area contributed by atoms with E-state index in [9.17, 15) is 9.59 Å². The van der Waals surface area contributed by atoms with Crippen LogP contribution in [0.1, 0.15) is 11.1 Å². The molecule has 10 nitrogen and oxygen atoms in total. The number of urea groups is 1. The van der Waals surface area contributed by atoms with Crippen molar-refractivity contribution >= 4 is 28.5 Å². The van der Waals surface area contributed by atoms with E-state index < -0.39 is 6.03 Å². The monoisotopic (exact) mass is 574 g/mol. The number of benzene rings is 3. The number of amides is 3. The highest BCUT2D eigenvalue weighted by atomic mass is 16.5. The van der Waals surface area contributed by atoms with Crippen molar-refractivity contribution in [3.8, 4) is 17.2 Å². The summed E-state index contributed by atoms with van der Waals surface area (Å²) in [5.74, 6) is 1.61. The van der Waals surface area contributed by atoms with Crippen LogP contribution in [0, 0.1) is 0 Å². The Morgan fingerprint density at radius 1 is 0.833 bits per heavy atom. The minimum absolute atomic E-state index is 0.125. The Morgan fingerprint density at radius 2 is 1.64 bits per heavy atom. The van der Waals surface area contributed by atoms with Crippen molar-refractivity contribution in [2.45, 2.75) is 13.0 Å². The van der Waals surface area contributed by atoms with Crippen molar-refractivity contribution in [2.24, 2.45) is 0 Å². The van der Waals surface area contributed by atoms with Crippen molar-refractivity contribution in [1.82, 2.24) is 14.8 Å². The number of hydrogen-bond donors (Lipinski definition) is 2. The minimum Gasteiger partial charge on any atom is -0.497 e. The van der Waals surface area contributed by atoms with Crippen LogP contribution in [-0.4, -0.2) is 81.4 Å². The molecule has 0 unspecified atom stereocenters. The van der Waals surface area contributed by atoms with Crippen molar-refractivity contribution < 1.29 is 28.5 Å². The van der Waals surface area contributed by atoms with Crippen molar-refractivity contribution in [3.63, 3.8) is 0 Å². The summed E-state index contributed by atoms with van der Waals surface area (Å²) in [5.41, 5.74) is 3.60. The quantitative estimate of drug-likeness (QED) is 0.221. The maximum Gasteiger partial charge on any atom is 0.322 e. The third-order valence-corrected chi connectivity index (χ3v) is 7.00. The number of ether oxygens (including phenoxy) is 4. The molecule has 1 heterocycles. The van der Waals surface area contributed by atoms with Gasteiger partial charge in [-0.3, -0.25) is 4.79 Å². The number of carbonyl (C=O) groups is 2. The predicted molar refractivity (Wildman–Crippen MR) is 162 cm³/mol. The highest BCUT2D eigenvalue weighted by molar-refractivity contribution is 5.92. The second-order valence-electron chi connectivity index (χ2n) is 9.69. The maximum atomic E-state index is 13.9.